The van der Waals surface area contributed by atoms with Crippen LogP contribution in [0.1, 0.15) is 67.7 Å². The zero-order valence-electron chi connectivity index (χ0n) is 27.3. The SMILES string of the molecule is CCNC(=O)[C@H](Cc1ccccc1)N(Cc1ccc(C)cc1)C(=O)CN(c1ccc(C23CC4CC(CC(C4)C2)C3)cc1)S(C)(=O)=O. The molecule has 0 aliphatic heterocycles. The second kappa shape index (κ2) is 13.2. The number of nitrogens with zero attached hydrogens (tertiary/aromatic N) is 2. The standard InChI is InChI=1S/C38H47N3O4S/c1-4-39-37(43)35(21-28-8-6-5-7-9-28)40(25-29-12-10-27(2)11-13-29)36(42)26-41(46(3,44)45)34-16-14-33(15-17-34)38-22-30-18-31(23-38)20-32(19-30)24-38/h5-17,30-32,35H,4,18-26H2,1-3H3,(H,39,43)/t30?,31?,32?,35-,38?/m0/s1. The number of nitrogens with one attached hydrogen (secondary N) is 1. The van der Waals surface area contributed by atoms with Gasteiger partial charge in [0.2, 0.25) is 21.8 Å². The third-order valence-corrected chi connectivity index (χ3v) is 11.7. The van der Waals surface area contributed by atoms with Crippen LogP contribution in [0.2, 0.25) is 0 Å². The van der Waals surface area contributed by atoms with Crippen molar-refractivity contribution in [1.29, 1.82) is 0 Å². The van der Waals surface area contributed by atoms with Gasteiger partial charge in [-0.3, -0.25) is 13.9 Å². The summed E-state index contributed by atoms with van der Waals surface area (Å²) >= 11 is 0. The number of rotatable bonds is 12. The van der Waals surface area contributed by atoms with Gasteiger partial charge >= 0.3 is 0 Å². The number of hydrogen-bond acceptors (Lipinski definition) is 4. The van der Waals surface area contributed by atoms with Crippen molar-refractivity contribution in [2.45, 2.75) is 76.8 Å². The molecule has 244 valence electrons. The van der Waals surface area contributed by atoms with Crippen molar-refractivity contribution < 1.29 is 18.0 Å². The van der Waals surface area contributed by atoms with Crippen molar-refractivity contribution in [1.82, 2.24) is 10.2 Å². The van der Waals surface area contributed by atoms with Gasteiger partial charge in [0.15, 0.2) is 0 Å². The molecule has 4 aliphatic rings. The lowest BCUT2D eigenvalue weighted by atomic mass is 9.48. The summed E-state index contributed by atoms with van der Waals surface area (Å²) in [6, 6.07) is 24.6. The molecule has 4 fully saturated rings. The molecule has 3 aromatic carbocycles. The van der Waals surface area contributed by atoms with E-state index in [2.05, 4.69) is 17.4 Å². The number of carbonyl (C=O) groups excluding carboxylic acids is 2. The number of sulfonamides is 1. The first kappa shape index (κ1) is 32.3. The largest absolute Gasteiger partial charge is 0.355 e. The summed E-state index contributed by atoms with van der Waals surface area (Å²) < 4.78 is 27.7. The fourth-order valence-corrected chi connectivity index (χ4v) is 9.64. The van der Waals surface area contributed by atoms with Crippen LogP contribution in [0.4, 0.5) is 5.69 Å². The quantitative estimate of drug-likeness (QED) is 0.263. The van der Waals surface area contributed by atoms with Gasteiger partial charge < -0.3 is 10.2 Å². The van der Waals surface area contributed by atoms with E-state index >= 15 is 0 Å². The van der Waals surface area contributed by atoms with Gasteiger partial charge in [0, 0.05) is 19.5 Å². The number of benzene rings is 3. The summed E-state index contributed by atoms with van der Waals surface area (Å²) in [5.41, 5.74) is 4.84. The van der Waals surface area contributed by atoms with E-state index in [9.17, 15) is 18.0 Å². The molecule has 0 aromatic heterocycles. The molecule has 0 radical (unpaired) electrons. The molecule has 1 atom stereocenters. The Morgan fingerprint density at radius 1 is 0.848 bits per heavy atom. The normalized spacial score (nSPS) is 23.9. The lowest BCUT2D eigenvalue weighted by Gasteiger charge is -2.57. The van der Waals surface area contributed by atoms with Gasteiger partial charge in [0.25, 0.3) is 0 Å². The van der Waals surface area contributed by atoms with Crippen molar-refractivity contribution in [2.24, 2.45) is 17.8 Å². The fraction of sp³-hybridized carbons (Fsp3) is 0.474. The fourth-order valence-electron chi connectivity index (χ4n) is 8.80. The second-order valence-corrected chi connectivity index (χ2v) is 16.0. The molecule has 3 aromatic rings. The van der Waals surface area contributed by atoms with Gasteiger partial charge in [-0.1, -0.05) is 72.3 Å². The van der Waals surface area contributed by atoms with Crippen LogP contribution in [-0.4, -0.2) is 50.5 Å². The molecule has 7 nitrogen and oxygen atoms in total. The minimum atomic E-state index is -3.81. The third kappa shape index (κ3) is 7.02. The summed E-state index contributed by atoms with van der Waals surface area (Å²) in [5, 5.41) is 2.91. The summed E-state index contributed by atoms with van der Waals surface area (Å²) in [7, 11) is -3.81. The van der Waals surface area contributed by atoms with Gasteiger partial charge in [0.1, 0.15) is 12.6 Å². The number of anilines is 1. The van der Waals surface area contributed by atoms with Gasteiger partial charge in [0.05, 0.1) is 11.9 Å². The summed E-state index contributed by atoms with van der Waals surface area (Å²) in [6.45, 7) is 4.05. The lowest BCUT2D eigenvalue weighted by molar-refractivity contribution is -0.140. The van der Waals surface area contributed by atoms with Gasteiger partial charge in [-0.15, -0.1) is 0 Å². The Labute approximate surface area is 274 Å². The predicted molar refractivity (Wildman–Crippen MR) is 183 cm³/mol. The van der Waals surface area contributed by atoms with Gasteiger partial charge in [-0.25, -0.2) is 8.42 Å². The number of likely N-dealkylation sites (N-methyl/N-ethyl adjacent to an activating group) is 1. The molecule has 8 heteroatoms. The van der Waals surface area contributed by atoms with Crippen molar-refractivity contribution in [2.75, 3.05) is 23.7 Å². The van der Waals surface area contributed by atoms with E-state index in [0.717, 1.165) is 40.7 Å². The number of amides is 2. The van der Waals surface area contributed by atoms with Crippen LogP contribution < -0.4 is 9.62 Å². The smallest absolute Gasteiger partial charge is 0.244 e. The van der Waals surface area contributed by atoms with Crippen LogP contribution in [0, 0.1) is 24.7 Å². The Kier molecular flexibility index (Phi) is 9.28. The molecular weight excluding hydrogens is 595 g/mol. The van der Waals surface area contributed by atoms with Crippen molar-refractivity contribution in [3.63, 3.8) is 0 Å². The van der Waals surface area contributed by atoms with Gasteiger partial charge in [-0.05, 0) is 104 Å². The topological polar surface area (TPSA) is 86.8 Å². The molecule has 4 bridgehead atoms. The zero-order valence-corrected chi connectivity index (χ0v) is 28.1. The Bertz CT molecular complexity index is 1600. The van der Waals surface area contributed by atoms with Gasteiger partial charge in [-0.2, -0.15) is 0 Å². The van der Waals surface area contributed by atoms with E-state index in [1.807, 2.05) is 80.6 Å². The van der Waals surface area contributed by atoms with Crippen LogP contribution in [0.15, 0.2) is 78.9 Å². The van der Waals surface area contributed by atoms with Crippen molar-refractivity contribution in [3.8, 4) is 0 Å². The maximum Gasteiger partial charge on any atom is 0.244 e. The highest BCUT2D eigenvalue weighted by Crippen LogP contribution is 2.60. The number of carbonyl (C=O) groups is 2. The van der Waals surface area contributed by atoms with Crippen molar-refractivity contribution in [3.05, 3.63) is 101 Å². The maximum atomic E-state index is 14.3. The van der Waals surface area contributed by atoms with Crippen LogP contribution in [0.5, 0.6) is 0 Å². The highest BCUT2D eigenvalue weighted by atomic mass is 32.2. The minimum Gasteiger partial charge on any atom is -0.355 e. The minimum absolute atomic E-state index is 0.177. The average Bonchev–Trinajstić information content (AvgIpc) is 3.02. The molecule has 4 saturated carbocycles. The number of hydrogen-bond donors (Lipinski definition) is 1. The summed E-state index contributed by atoms with van der Waals surface area (Å²) in [5.74, 6) is 1.74. The summed E-state index contributed by atoms with van der Waals surface area (Å²) in [6.07, 6.45) is 9.22. The first-order valence-electron chi connectivity index (χ1n) is 16.8. The Morgan fingerprint density at radius 2 is 1.43 bits per heavy atom. The molecule has 4 aliphatic carbocycles. The molecule has 7 rings (SSSR count). The average molecular weight is 642 g/mol. The predicted octanol–water partition coefficient (Wildman–Crippen LogP) is 6.01. The highest BCUT2D eigenvalue weighted by molar-refractivity contribution is 7.92. The Hall–Kier alpha value is -3.65. The zero-order chi connectivity index (χ0) is 32.5. The first-order valence-corrected chi connectivity index (χ1v) is 18.6. The van der Waals surface area contributed by atoms with Crippen molar-refractivity contribution >= 4 is 27.5 Å². The van der Waals surface area contributed by atoms with Crippen LogP contribution in [0.25, 0.3) is 0 Å². The first-order chi connectivity index (χ1) is 22.0. The molecule has 0 spiro atoms. The van der Waals surface area contributed by atoms with E-state index in [1.54, 1.807) is 4.90 Å². The van der Waals surface area contributed by atoms with Crippen LogP contribution >= 0.6 is 0 Å². The van der Waals surface area contributed by atoms with E-state index in [-0.39, 0.29) is 17.9 Å². The molecule has 0 saturated heterocycles. The molecule has 1 N–H and O–H groups in total. The van der Waals surface area contributed by atoms with E-state index in [1.165, 1.54) is 48.4 Å². The van der Waals surface area contributed by atoms with E-state index in [0.29, 0.717) is 18.7 Å². The second-order valence-electron chi connectivity index (χ2n) is 14.1. The third-order valence-electron chi connectivity index (χ3n) is 10.6. The lowest BCUT2D eigenvalue weighted by Crippen LogP contribution is -2.53. The molecular formula is C38H47N3O4S. The Morgan fingerprint density at radius 3 is 1.98 bits per heavy atom. The van der Waals surface area contributed by atoms with Crippen LogP contribution in [0.3, 0.4) is 0 Å². The highest BCUT2D eigenvalue weighted by Gasteiger charge is 2.51. The summed E-state index contributed by atoms with van der Waals surface area (Å²) in [4.78, 5) is 29.4. The van der Waals surface area contributed by atoms with Crippen LogP contribution in [-0.2, 0) is 38.0 Å². The van der Waals surface area contributed by atoms with E-state index in [4.69, 9.17) is 0 Å². The number of aryl methyl sites for hydroxylation is 1. The van der Waals surface area contributed by atoms with E-state index < -0.39 is 28.5 Å². The maximum absolute atomic E-state index is 14.3. The molecule has 2 amide bonds. The molecule has 46 heavy (non-hydrogen) atoms. The molecule has 0 unspecified atom stereocenters. The molecule has 0 heterocycles. The monoisotopic (exact) mass is 641 g/mol. The Balaban J connectivity index is 1.29.